The maximum atomic E-state index is 13.8. The zero-order valence-corrected chi connectivity index (χ0v) is 19.1. The van der Waals surface area contributed by atoms with Crippen LogP contribution in [0.5, 0.6) is 0 Å². The number of nitrogens with one attached hydrogen (secondary N) is 5. The first-order valence-corrected chi connectivity index (χ1v) is 11.4. The molecule has 0 spiro atoms. The number of guanidine groups is 1. The second kappa shape index (κ2) is 10.8. The average molecular weight is 484 g/mol. The van der Waals surface area contributed by atoms with E-state index in [2.05, 4.69) is 31.9 Å². The molecule has 0 aromatic rings. The third-order valence-electron chi connectivity index (χ3n) is 6.55. The Bertz CT molecular complexity index is 699. The Balaban J connectivity index is 1.67. The molecule has 1 saturated carbocycles. The molecule has 2 saturated heterocycles. The lowest BCUT2D eigenvalue weighted by atomic mass is 9.81. The molecule has 0 radical (unpaired) electrons. The van der Waals surface area contributed by atoms with E-state index in [0.29, 0.717) is 12.8 Å². The van der Waals surface area contributed by atoms with E-state index in [1.54, 1.807) is 0 Å². The van der Waals surface area contributed by atoms with E-state index in [1.807, 2.05) is 13.8 Å². The maximum absolute atomic E-state index is 13.8. The Labute approximate surface area is 190 Å². The number of nitrogens with zero attached hydrogens (tertiary/aromatic N) is 2. The van der Waals surface area contributed by atoms with Crippen LogP contribution in [0.15, 0.2) is 4.99 Å². The van der Waals surface area contributed by atoms with E-state index in [4.69, 9.17) is 0 Å². The van der Waals surface area contributed by atoms with Crippen LogP contribution in [0.1, 0.15) is 46.0 Å². The molecule has 13 heteroatoms. The van der Waals surface area contributed by atoms with Crippen LogP contribution in [0, 0.1) is 11.8 Å². The van der Waals surface area contributed by atoms with Crippen molar-refractivity contribution in [1.82, 2.24) is 31.9 Å². The molecular formula is C20H34F5N7O. The summed E-state index contributed by atoms with van der Waals surface area (Å²) in [5, 5.41) is 6.81. The minimum atomic E-state index is -4.58. The minimum absolute atomic E-state index is 0.0696. The number of carbonyl (C=O) groups is 1. The fourth-order valence-electron chi connectivity index (χ4n) is 4.63. The number of halogens is 5. The highest BCUT2D eigenvalue weighted by Gasteiger charge is 2.52. The summed E-state index contributed by atoms with van der Waals surface area (Å²) in [5.74, 6) is -2.25. The molecule has 0 bridgehead atoms. The van der Waals surface area contributed by atoms with Crippen molar-refractivity contribution in [3.8, 4) is 0 Å². The number of hydrogen-bond acceptors (Lipinski definition) is 6. The van der Waals surface area contributed by atoms with Crippen LogP contribution in [0.3, 0.4) is 0 Å². The Morgan fingerprint density at radius 2 is 1.82 bits per heavy atom. The second-order valence-electron chi connectivity index (χ2n) is 9.36. The van der Waals surface area contributed by atoms with Gasteiger partial charge in [0.1, 0.15) is 24.6 Å². The molecule has 190 valence electrons. The summed E-state index contributed by atoms with van der Waals surface area (Å²) >= 11 is 0. The van der Waals surface area contributed by atoms with Crippen LogP contribution in [0.25, 0.3) is 0 Å². The fraction of sp³-hybridized carbons (Fsp3) is 0.900. The van der Waals surface area contributed by atoms with Gasteiger partial charge in [-0.25, -0.2) is 29.6 Å². The first-order chi connectivity index (χ1) is 15.5. The lowest BCUT2D eigenvalue weighted by Gasteiger charge is -2.31. The fourth-order valence-corrected chi connectivity index (χ4v) is 4.63. The topological polar surface area (TPSA) is 92.8 Å². The van der Waals surface area contributed by atoms with Gasteiger partial charge in [0.05, 0.1) is 5.92 Å². The van der Waals surface area contributed by atoms with Gasteiger partial charge < -0.3 is 5.32 Å². The normalized spacial score (nSPS) is 37.2. The van der Waals surface area contributed by atoms with Gasteiger partial charge in [0.2, 0.25) is 5.91 Å². The largest absolute Gasteiger partial charge is 0.405 e. The van der Waals surface area contributed by atoms with Crippen molar-refractivity contribution in [2.45, 2.75) is 88.8 Å². The highest BCUT2D eigenvalue weighted by atomic mass is 19.4. The van der Waals surface area contributed by atoms with Crippen LogP contribution < -0.4 is 26.9 Å². The molecule has 3 aliphatic rings. The van der Waals surface area contributed by atoms with Crippen LogP contribution in [-0.4, -0.2) is 73.3 Å². The number of rotatable bonds is 5. The number of carbonyl (C=O) groups excluding carboxylic acids is 1. The second-order valence-corrected chi connectivity index (χ2v) is 9.36. The molecule has 33 heavy (non-hydrogen) atoms. The molecule has 2 aliphatic heterocycles. The van der Waals surface area contributed by atoms with Gasteiger partial charge in [-0.2, -0.15) is 13.2 Å². The van der Waals surface area contributed by atoms with Gasteiger partial charge in [0, 0.05) is 38.5 Å². The standard InChI is InChI=1S/C20H34F5N7O/c1-4-10(2)26-19(28-18(33)14-9-32(3)31-17(14)20(23,24)25)27-16-8-15(29-30-16)11-5-12(21)7-13(22)6-11/h10-17,29-31H,4-9H2,1-3H3,(H2,26,27,28,33). The van der Waals surface area contributed by atoms with Gasteiger partial charge in [-0.15, -0.1) is 0 Å². The van der Waals surface area contributed by atoms with Gasteiger partial charge in [-0.3, -0.25) is 15.5 Å². The lowest BCUT2D eigenvalue weighted by Crippen LogP contribution is -2.52. The Morgan fingerprint density at radius 1 is 1.15 bits per heavy atom. The third kappa shape index (κ3) is 6.96. The lowest BCUT2D eigenvalue weighted by molar-refractivity contribution is -0.168. The molecule has 1 amide bonds. The van der Waals surface area contributed by atoms with Gasteiger partial charge in [0.15, 0.2) is 5.96 Å². The van der Waals surface area contributed by atoms with E-state index in [9.17, 15) is 26.7 Å². The third-order valence-corrected chi connectivity index (χ3v) is 6.55. The predicted molar refractivity (Wildman–Crippen MR) is 113 cm³/mol. The van der Waals surface area contributed by atoms with Crippen molar-refractivity contribution in [3.05, 3.63) is 0 Å². The molecule has 7 unspecified atom stereocenters. The predicted octanol–water partition coefficient (Wildman–Crippen LogP) is 1.51. The number of hydrogen-bond donors (Lipinski definition) is 5. The van der Waals surface area contributed by atoms with Crippen molar-refractivity contribution >= 4 is 11.9 Å². The summed E-state index contributed by atoms with van der Waals surface area (Å²) in [6.07, 6.45) is -5.84. The highest BCUT2D eigenvalue weighted by molar-refractivity contribution is 5.98. The summed E-state index contributed by atoms with van der Waals surface area (Å²) in [4.78, 5) is 17.2. The van der Waals surface area contributed by atoms with Gasteiger partial charge in [-0.1, -0.05) is 6.92 Å². The van der Waals surface area contributed by atoms with Crippen molar-refractivity contribution < 1.29 is 26.7 Å². The Morgan fingerprint density at radius 3 is 2.42 bits per heavy atom. The molecule has 0 aromatic carbocycles. The monoisotopic (exact) mass is 483 g/mol. The molecule has 3 rings (SSSR count). The van der Waals surface area contributed by atoms with E-state index < -0.39 is 42.6 Å². The van der Waals surface area contributed by atoms with E-state index in [-0.39, 0.29) is 49.8 Å². The SMILES string of the molecule is CCC(C)N/C(=N/C1CC(C2CC(F)CC(F)C2)NN1)NC(=O)C1CN(C)NC1C(F)(F)F. The first-order valence-electron chi connectivity index (χ1n) is 11.4. The Kier molecular flexibility index (Phi) is 8.51. The van der Waals surface area contributed by atoms with E-state index in [1.165, 1.54) is 12.1 Å². The maximum Gasteiger partial charge on any atom is 0.405 e. The van der Waals surface area contributed by atoms with Gasteiger partial charge >= 0.3 is 6.18 Å². The van der Waals surface area contributed by atoms with Crippen molar-refractivity contribution in [3.63, 3.8) is 0 Å². The zero-order valence-electron chi connectivity index (χ0n) is 19.1. The summed E-state index contributed by atoms with van der Waals surface area (Å²) in [6, 6.07) is -2.27. The van der Waals surface area contributed by atoms with Crippen LogP contribution in [-0.2, 0) is 4.79 Å². The van der Waals surface area contributed by atoms with Crippen molar-refractivity contribution in [2.24, 2.45) is 16.8 Å². The van der Waals surface area contributed by atoms with Gasteiger partial charge in [0.25, 0.3) is 0 Å². The summed E-state index contributed by atoms with van der Waals surface area (Å²) in [7, 11) is 1.45. The summed E-state index contributed by atoms with van der Waals surface area (Å²) < 4.78 is 67.7. The zero-order chi connectivity index (χ0) is 24.3. The molecular weight excluding hydrogens is 449 g/mol. The number of hydrazine groups is 2. The molecule has 8 nitrogen and oxygen atoms in total. The Hall–Kier alpha value is -1.57. The van der Waals surface area contributed by atoms with Crippen molar-refractivity contribution in [2.75, 3.05) is 13.6 Å². The summed E-state index contributed by atoms with van der Waals surface area (Å²) in [5.41, 5.74) is 8.27. The van der Waals surface area contributed by atoms with Crippen LogP contribution in [0.2, 0.25) is 0 Å². The summed E-state index contributed by atoms with van der Waals surface area (Å²) in [6.45, 7) is 3.68. The minimum Gasteiger partial charge on any atom is -0.354 e. The number of alkyl halides is 5. The van der Waals surface area contributed by atoms with Gasteiger partial charge in [-0.05, 0) is 32.1 Å². The molecule has 7 atom stereocenters. The van der Waals surface area contributed by atoms with E-state index >= 15 is 0 Å². The number of amides is 1. The van der Waals surface area contributed by atoms with E-state index in [0.717, 1.165) is 0 Å². The smallest absolute Gasteiger partial charge is 0.354 e. The quantitative estimate of drug-likeness (QED) is 0.231. The molecule has 1 aliphatic carbocycles. The van der Waals surface area contributed by atoms with Crippen LogP contribution in [0.4, 0.5) is 22.0 Å². The first kappa shape index (κ1) is 26.0. The van der Waals surface area contributed by atoms with Crippen LogP contribution >= 0.6 is 0 Å². The average Bonchev–Trinajstić information content (AvgIpc) is 3.33. The molecule has 5 N–H and O–H groups in total. The molecule has 3 fully saturated rings. The molecule has 2 heterocycles. The van der Waals surface area contributed by atoms with Crippen molar-refractivity contribution in [1.29, 1.82) is 0 Å². The molecule has 0 aromatic heterocycles. The number of aliphatic imine (C=N–C) groups is 1. The highest BCUT2D eigenvalue weighted by Crippen LogP contribution is 2.33.